The lowest BCUT2D eigenvalue weighted by Crippen LogP contribution is -2.28. The molecule has 146 valence electrons. The molecule has 0 aromatic heterocycles. The highest BCUT2D eigenvalue weighted by atomic mass is 16.2. The molecule has 3 aromatic rings. The topological polar surface area (TPSA) is 66.5 Å². The number of amides is 2. The van der Waals surface area contributed by atoms with E-state index in [2.05, 4.69) is 5.32 Å². The summed E-state index contributed by atoms with van der Waals surface area (Å²) in [6.07, 6.45) is 0. The van der Waals surface area contributed by atoms with Gasteiger partial charge in [-0.05, 0) is 36.8 Å². The van der Waals surface area contributed by atoms with Crippen LogP contribution in [0.4, 0.5) is 5.69 Å². The molecular weight excluding hydrogens is 364 g/mol. The van der Waals surface area contributed by atoms with Crippen molar-refractivity contribution in [1.82, 2.24) is 4.90 Å². The van der Waals surface area contributed by atoms with Gasteiger partial charge in [-0.25, -0.2) is 0 Å². The summed E-state index contributed by atoms with van der Waals surface area (Å²) >= 11 is 0. The maximum absolute atomic E-state index is 13.0. The highest BCUT2D eigenvalue weighted by Gasteiger charge is 2.20. The van der Waals surface area contributed by atoms with Crippen molar-refractivity contribution < 1.29 is 14.4 Å². The smallest absolute Gasteiger partial charge is 0.256 e. The summed E-state index contributed by atoms with van der Waals surface area (Å²) in [4.78, 5) is 38.9. The number of nitrogens with zero attached hydrogens (tertiary/aromatic N) is 1. The van der Waals surface area contributed by atoms with Gasteiger partial charge >= 0.3 is 0 Å². The molecule has 3 aromatic carbocycles. The van der Waals surface area contributed by atoms with Gasteiger partial charge in [-0.1, -0.05) is 54.6 Å². The summed E-state index contributed by atoms with van der Waals surface area (Å²) in [7, 11) is 1.71. The van der Waals surface area contributed by atoms with Crippen molar-refractivity contribution in [2.45, 2.75) is 13.5 Å². The molecule has 0 aliphatic carbocycles. The lowest BCUT2D eigenvalue weighted by Gasteiger charge is -2.19. The van der Waals surface area contributed by atoms with Gasteiger partial charge in [-0.2, -0.15) is 0 Å². The Kier molecular flexibility index (Phi) is 6.19. The summed E-state index contributed by atoms with van der Waals surface area (Å²) in [5, 5.41) is 2.78. The van der Waals surface area contributed by atoms with Crippen molar-refractivity contribution >= 4 is 23.3 Å². The predicted molar refractivity (Wildman–Crippen MR) is 113 cm³/mol. The molecule has 2 amide bonds. The molecule has 0 fully saturated rings. The van der Waals surface area contributed by atoms with E-state index in [1.807, 2.05) is 30.3 Å². The van der Waals surface area contributed by atoms with Gasteiger partial charge in [0.05, 0.1) is 11.1 Å². The average molecular weight is 386 g/mol. The zero-order valence-electron chi connectivity index (χ0n) is 16.4. The minimum atomic E-state index is -0.400. The number of anilines is 1. The van der Waals surface area contributed by atoms with Gasteiger partial charge in [0, 0.05) is 24.8 Å². The number of benzene rings is 3. The molecule has 1 N–H and O–H groups in total. The minimum absolute atomic E-state index is 0.0841. The molecule has 0 bridgehead atoms. The number of rotatable bonds is 6. The van der Waals surface area contributed by atoms with Crippen molar-refractivity contribution in [1.29, 1.82) is 0 Å². The first-order valence-electron chi connectivity index (χ1n) is 9.26. The van der Waals surface area contributed by atoms with E-state index in [0.29, 0.717) is 23.4 Å². The lowest BCUT2D eigenvalue weighted by atomic mass is 10.0. The molecule has 0 radical (unpaired) electrons. The second-order valence-electron chi connectivity index (χ2n) is 6.78. The molecule has 0 unspecified atom stereocenters. The van der Waals surface area contributed by atoms with E-state index in [1.165, 1.54) is 6.92 Å². The number of nitrogens with one attached hydrogen (secondary N) is 1. The molecule has 0 aliphatic heterocycles. The highest BCUT2D eigenvalue weighted by Crippen LogP contribution is 2.17. The van der Waals surface area contributed by atoms with Crippen molar-refractivity contribution in [3.63, 3.8) is 0 Å². The zero-order valence-corrected chi connectivity index (χ0v) is 16.4. The first-order valence-corrected chi connectivity index (χ1v) is 9.26. The molecule has 5 nitrogen and oxygen atoms in total. The molecule has 0 saturated carbocycles. The predicted octanol–water partition coefficient (Wildman–Crippen LogP) is 4.41. The molecule has 0 atom stereocenters. The van der Waals surface area contributed by atoms with E-state index in [4.69, 9.17) is 0 Å². The summed E-state index contributed by atoms with van der Waals surface area (Å²) in [6.45, 7) is 1.91. The molecule has 29 heavy (non-hydrogen) atoms. The van der Waals surface area contributed by atoms with Crippen LogP contribution in [0.3, 0.4) is 0 Å². The number of ketones is 1. The SMILES string of the molecule is CC(=O)c1cccc(NC(=O)c2ccccc2C(=O)N(C)Cc2ccccc2)c1. The summed E-state index contributed by atoms with van der Waals surface area (Å²) < 4.78 is 0. The van der Waals surface area contributed by atoms with Crippen LogP contribution in [0.25, 0.3) is 0 Å². The van der Waals surface area contributed by atoms with Crippen LogP contribution in [0.2, 0.25) is 0 Å². The van der Waals surface area contributed by atoms with E-state index in [-0.39, 0.29) is 17.3 Å². The first kappa shape index (κ1) is 20.0. The average Bonchev–Trinajstić information content (AvgIpc) is 2.74. The standard InChI is InChI=1S/C24H22N2O3/c1-17(27)19-11-8-12-20(15-19)25-23(28)21-13-6-7-14-22(21)24(29)26(2)16-18-9-4-3-5-10-18/h3-15H,16H2,1-2H3,(H,25,28). The van der Waals surface area contributed by atoms with Gasteiger partial charge in [0.15, 0.2) is 5.78 Å². The number of hydrogen-bond donors (Lipinski definition) is 1. The second kappa shape index (κ2) is 8.97. The van der Waals surface area contributed by atoms with E-state index in [1.54, 1.807) is 60.5 Å². The third-order valence-electron chi connectivity index (χ3n) is 4.54. The summed E-state index contributed by atoms with van der Waals surface area (Å²) in [5.74, 6) is -0.723. The van der Waals surface area contributed by atoms with Crippen LogP contribution in [-0.2, 0) is 6.54 Å². The number of hydrogen-bond acceptors (Lipinski definition) is 3. The van der Waals surface area contributed by atoms with E-state index >= 15 is 0 Å². The second-order valence-corrected chi connectivity index (χ2v) is 6.78. The Morgan fingerprint density at radius 3 is 2.17 bits per heavy atom. The Morgan fingerprint density at radius 2 is 1.48 bits per heavy atom. The maximum atomic E-state index is 13.0. The fraction of sp³-hybridized carbons (Fsp3) is 0.125. The number of carbonyl (C=O) groups excluding carboxylic acids is 3. The Balaban J connectivity index is 1.80. The lowest BCUT2D eigenvalue weighted by molar-refractivity contribution is 0.0780. The molecule has 3 rings (SSSR count). The van der Waals surface area contributed by atoms with E-state index in [0.717, 1.165) is 5.56 Å². The van der Waals surface area contributed by atoms with Crippen molar-refractivity contribution in [2.75, 3.05) is 12.4 Å². The van der Waals surface area contributed by atoms with Crippen molar-refractivity contribution in [2.24, 2.45) is 0 Å². The largest absolute Gasteiger partial charge is 0.337 e. The molecule has 0 heterocycles. The van der Waals surface area contributed by atoms with Crippen LogP contribution in [-0.4, -0.2) is 29.5 Å². The fourth-order valence-corrected chi connectivity index (χ4v) is 3.02. The van der Waals surface area contributed by atoms with Gasteiger partial charge < -0.3 is 10.2 Å². The minimum Gasteiger partial charge on any atom is -0.337 e. The maximum Gasteiger partial charge on any atom is 0.256 e. The van der Waals surface area contributed by atoms with Gasteiger partial charge in [-0.15, -0.1) is 0 Å². The number of carbonyl (C=O) groups is 3. The van der Waals surface area contributed by atoms with Gasteiger partial charge in [0.1, 0.15) is 0 Å². The molecule has 0 aliphatic rings. The van der Waals surface area contributed by atoms with E-state index in [9.17, 15) is 14.4 Å². The van der Waals surface area contributed by atoms with Crippen LogP contribution in [0, 0.1) is 0 Å². The van der Waals surface area contributed by atoms with Gasteiger partial charge in [0.25, 0.3) is 11.8 Å². The van der Waals surface area contributed by atoms with Gasteiger partial charge in [0.2, 0.25) is 0 Å². The van der Waals surface area contributed by atoms with Gasteiger partial charge in [-0.3, -0.25) is 14.4 Å². The molecule has 0 spiro atoms. The van der Waals surface area contributed by atoms with E-state index < -0.39 is 5.91 Å². The molecular formula is C24H22N2O3. The Labute approximate surface area is 170 Å². The summed E-state index contributed by atoms with van der Waals surface area (Å²) in [6, 6.07) is 23.1. The third kappa shape index (κ3) is 4.96. The van der Waals surface area contributed by atoms with Crippen LogP contribution in [0.5, 0.6) is 0 Å². The molecule has 0 saturated heterocycles. The highest BCUT2D eigenvalue weighted by molar-refractivity contribution is 6.12. The zero-order chi connectivity index (χ0) is 20.8. The van der Waals surface area contributed by atoms with Crippen molar-refractivity contribution in [3.8, 4) is 0 Å². The van der Waals surface area contributed by atoms with Crippen LogP contribution in [0.1, 0.15) is 43.6 Å². The van der Waals surface area contributed by atoms with Crippen LogP contribution < -0.4 is 5.32 Å². The normalized spacial score (nSPS) is 10.3. The monoisotopic (exact) mass is 386 g/mol. The van der Waals surface area contributed by atoms with Crippen LogP contribution in [0.15, 0.2) is 78.9 Å². The van der Waals surface area contributed by atoms with Crippen molar-refractivity contribution in [3.05, 3.63) is 101 Å². The van der Waals surface area contributed by atoms with Crippen LogP contribution >= 0.6 is 0 Å². The quantitative estimate of drug-likeness (QED) is 0.638. The molecule has 5 heteroatoms. The Bertz CT molecular complexity index is 1040. The first-order chi connectivity index (χ1) is 14.0. The summed E-state index contributed by atoms with van der Waals surface area (Å²) in [5.41, 5.74) is 2.63. The third-order valence-corrected chi connectivity index (χ3v) is 4.54. The fourth-order valence-electron chi connectivity index (χ4n) is 3.02. The number of Topliss-reactive ketones (excluding diaryl/α,β-unsaturated/α-hetero) is 1. The Hall–Kier alpha value is -3.73. The Morgan fingerprint density at radius 1 is 0.828 bits per heavy atom.